The van der Waals surface area contributed by atoms with Gasteiger partial charge in [-0.25, -0.2) is 9.18 Å². The Balaban J connectivity index is 1.60. The predicted octanol–water partition coefficient (Wildman–Crippen LogP) is 1.79. The second kappa shape index (κ2) is 9.75. The van der Waals surface area contributed by atoms with Gasteiger partial charge in [0.1, 0.15) is 5.82 Å². The number of hydrogen-bond donors (Lipinski definition) is 2. The van der Waals surface area contributed by atoms with Crippen LogP contribution < -0.4 is 22.0 Å². The first-order valence-electron chi connectivity index (χ1n) is 10.7. The Bertz CT molecular complexity index is 1410. The van der Waals surface area contributed by atoms with Crippen molar-refractivity contribution in [1.29, 1.82) is 0 Å². The first-order chi connectivity index (χ1) is 16.4. The molecule has 0 fully saturated rings. The van der Waals surface area contributed by atoms with E-state index in [1.165, 1.54) is 40.1 Å². The van der Waals surface area contributed by atoms with Crippen molar-refractivity contribution >= 4 is 16.8 Å². The molecule has 0 saturated heterocycles. The van der Waals surface area contributed by atoms with Crippen LogP contribution in [-0.2, 0) is 18.4 Å². The molecule has 0 unspecified atom stereocenters. The quantitative estimate of drug-likeness (QED) is 0.552. The Morgan fingerprint density at radius 2 is 1.91 bits per heavy atom. The number of carbonyl (C=O) groups is 1. The van der Waals surface area contributed by atoms with E-state index in [9.17, 15) is 18.8 Å². The molecule has 0 saturated carbocycles. The molecule has 3 aromatic rings. The Hall–Kier alpha value is -4.18. The van der Waals surface area contributed by atoms with E-state index in [1.54, 1.807) is 37.7 Å². The van der Waals surface area contributed by atoms with Gasteiger partial charge in [-0.05, 0) is 54.5 Å². The minimum absolute atomic E-state index is 0.0109. The fraction of sp³-hybridized carbons (Fsp3) is 0.208. The molecular weight excluding hydrogens is 441 g/mol. The molecule has 9 nitrogen and oxygen atoms in total. The highest BCUT2D eigenvalue weighted by atomic mass is 19.1. The number of carbonyl (C=O) groups excluding carboxylic acids is 1. The number of amides is 1. The number of nitrogens with one attached hydrogen (secondary N) is 2. The maximum absolute atomic E-state index is 13.2. The number of hydrogen-bond acceptors (Lipinski definition) is 6. The highest BCUT2D eigenvalue weighted by Crippen LogP contribution is 2.12. The maximum atomic E-state index is 13.2. The highest BCUT2D eigenvalue weighted by molar-refractivity contribution is 5.98. The van der Waals surface area contributed by atoms with Gasteiger partial charge in [0.15, 0.2) is 0 Å². The number of benzene rings is 2. The highest BCUT2D eigenvalue weighted by Gasteiger charge is 2.15. The minimum atomic E-state index is -0.520. The second-order valence-electron chi connectivity index (χ2n) is 7.68. The molecule has 1 aliphatic rings. The molecule has 10 heteroatoms. The Labute approximate surface area is 194 Å². The van der Waals surface area contributed by atoms with Crippen molar-refractivity contribution in [2.24, 2.45) is 7.05 Å². The van der Waals surface area contributed by atoms with Gasteiger partial charge in [-0.15, -0.1) is 0 Å². The smallest absolute Gasteiger partial charge is 0.331 e. The topological polar surface area (TPSA) is 97.6 Å². The first-order valence-corrected chi connectivity index (χ1v) is 10.7. The Morgan fingerprint density at radius 3 is 2.65 bits per heavy atom. The summed E-state index contributed by atoms with van der Waals surface area (Å²) in [6.45, 7) is 2.58. The minimum Gasteiger partial charge on any atom is -0.348 e. The van der Waals surface area contributed by atoms with Crippen molar-refractivity contribution < 1.29 is 14.0 Å². The predicted molar refractivity (Wildman–Crippen MR) is 125 cm³/mol. The lowest BCUT2D eigenvalue weighted by Crippen LogP contribution is -2.39. The van der Waals surface area contributed by atoms with E-state index in [2.05, 4.69) is 10.7 Å². The fourth-order valence-corrected chi connectivity index (χ4v) is 3.62. The van der Waals surface area contributed by atoms with E-state index in [4.69, 9.17) is 4.84 Å². The standard InChI is InChI=1S/C24H24FN5O4/c1-3-34-30-15-17(10-11-27-30)13-26-22(31)18-6-9-21-20(12-18)23(32)29(24(33)28(21)2)14-16-4-7-19(25)8-5-16/h4-12,15,27H,3,13-14H2,1-2H3,(H,26,31). The van der Waals surface area contributed by atoms with Crippen molar-refractivity contribution in [2.75, 3.05) is 13.2 Å². The molecule has 2 heterocycles. The first kappa shape index (κ1) is 23.0. The number of nitrogens with zero attached hydrogens (tertiary/aromatic N) is 3. The summed E-state index contributed by atoms with van der Waals surface area (Å²) in [5, 5.41) is 4.50. The molecular formula is C24H24FN5O4. The summed E-state index contributed by atoms with van der Waals surface area (Å²) >= 11 is 0. The van der Waals surface area contributed by atoms with Crippen molar-refractivity contribution in [3.63, 3.8) is 0 Å². The summed E-state index contributed by atoms with van der Waals surface area (Å²) in [5.74, 6) is -0.768. The van der Waals surface area contributed by atoms with Crippen LogP contribution >= 0.6 is 0 Å². The van der Waals surface area contributed by atoms with Crippen LogP contribution in [0.2, 0.25) is 0 Å². The molecule has 34 heavy (non-hydrogen) atoms. The van der Waals surface area contributed by atoms with Crippen LogP contribution in [0.4, 0.5) is 4.39 Å². The lowest BCUT2D eigenvalue weighted by atomic mass is 10.1. The zero-order valence-corrected chi connectivity index (χ0v) is 18.7. The molecule has 2 N–H and O–H groups in total. The fourth-order valence-electron chi connectivity index (χ4n) is 3.62. The van der Waals surface area contributed by atoms with Crippen LogP contribution in [-0.4, -0.2) is 33.4 Å². The molecule has 2 aromatic carbocycles. The number of aryl methyl sites for hydroxylation is 1. The van der Waals surface area contributed by atoms with Crippen molar-refractivity contribution in [2.45, 2.75) is 13.5 Å². The number of hydroxylamine groups is 1. The van der Waals surface area contributed by atoms with Crippen LogP contribution in [0.5, 0.6) is 0 Å². The van der Waals surface area contributed by atoms with E-state index in [1.807, 2.05) is 6.92 Å². The average Bonchev–Trinajstić information content (AvgIpc) is 2.85. The van der Waals surface area contributed by atoms with Crippen LogP contribution in [0.3, 0.4) is 0 Å². The van der Waals surface area contributed by atoms with E-state index in [0.717, 1.165) is 10.1 Å². The summed E-state index contributed by atoms with van der Waals surface area (Å²) in [5.41, 5.74) is 3.99. The Kier molecular flexibility index (Phi) is 6.60. The molecule has 0 spiro atoms. The van der Waals surface area contributed by atoms with Crippen LogP contribution in [0.25, 0.3) is 10.9 Å². The van der Waals surface area contributed by atoms with Crippen molar-refractivity contribution in [3.8, 4) is 0 Å². The van der Waals surface area contributed by atoms with Gasteiger partial charge in [0.25, 0.3) is 11.5 Å². The second-order valence-corrected chi connectivity index (χ2v) is 7.68. The summed E-state index contributed by atoms with van der Waals surface area (Å²) in [6, 6.07) is 10.2. The third-order valence-electron chi connectivity index (χ3n) is 5.37. The van der Waals surface area contributed by atoms with Gasteiger partial charge >= 0.3 is 5.69 Å². The van der Waals surface area contributed by atoms with Crippen LogP contribution in [0.1, 0.15) is 22.8 Å². The SMILES string of the molecule is CCON1C=C(CNC(=O)c2ccc3c(c2)c(=O)n(Cc2ccc(F)cc2)c(=O)n3C)C=CN1. The Morgan fingerprint density at radius 1 is 1.15 bits per heavy atom. The molecule has 0 bridgehead atoms. The van der Waals surface area contributed by atoms with Crippen molar-refractivity contribution in [1.82, 2.24) is 25.0 Å². The van der Waals surface area contributed by atoms with Crippen LogP contribution in [0.15, 0.2) is 76.1 Å². The molecule has 0 atom stereocenters. The monoisotopic (exact) mass is 465 g/mol. The zero-order chi connectivity index (χ0) is 24.2. The summed E-state index contributed by atoms with van der Waals surface area (Å²) in [6.07, 6.45) is 5.21. The third kappa shape index (κ3) is 4.76. The van der Waals surface area contributed by atoms with E-state index >= 15 is 0 Å². The van der Waals surface area contributed by atoms with Gasteiger partial charge < -0.3 is 5.32 Å². The van der Waals surface area contributed by atoms with Crippen molar-refractivity contribution in [3.05, 3.63) is 104 Å². The van der Waals surface area contributed by atoms with E-state index in [0.29, 0.717) is 17.7 Å². The zero-order valence-electron chi connectivity index (χ0n) is 18.7. The molecule has 176 valence electrons. The lowest BCUT2D eigenvalue weighted by molar-refractivity contribution is -0.144. The molecule has 1 amide bonds. The number of aromatic nitrogens is 2. The number of hydrazine groups is 1. The number of halogens is 1. The molecule has 0 radical (unpaired) electrons. The van der Waals surface area contributed by atoms with E-state index < -0.39 is 17.1 Å². The molecule has 4 rings (SSSR count). The maximum Gasteiger partial charge on any atom is 0.331 e. The number of fused-ring (bicyclic) bond motifs is 1. The summed E-state index contributed by atoms with van der Waals surface area (Å²) < 4.78 is 15.7. The largest absolute Gasteiger partial charge is 0.348 e. The average molecular weight is 465 g/mol. The summed E-state index contributed by atoms with van der Waals surface area (Å²) in [7, 11) is 1.56. The van der Waals surface area contributed by atoms with Gasteiger partial charge in [-0.1, -0.05) is 12.1 Å². The van der Waals surface area contributed by atoms with Gasteiger partial charge in [-0.2, -0.15) is 5.17 Å². The van der Waals surface area contributed by atoms with E-state index in [-0.39, 0.29) is 29.9 Å². The summed E-state index contributed by atoms with van der Waals surface area (Å²) in [4.78, 5) is 44.1. The molecule has 1 aliphatic heterocycles. The molecule has 1 aromatic heterocycles. The molecule has 0 aliphatic carbocycles. The third-order valence-corrected chi connectivity index (χ3v) is 5.37. The van der Waals surface area contributed by atoms with Gasteiger partial charge in [0, 0.05) is 25.4 Å². The van der Waals surface area contributed by atoms with Gasteiger partial charge in [0.2, 0.25) is 0 Å². The number of rotatable bonds is 7. The van der Waals surface area contributed by atoms with Crippen LogP contribution in [0, 0.1) is 5.82 Å². The van der Waals surface area contributed by atoms with Gasteiger partial charge in [-0.3, -0.25) is 29.0 Å². The lowest BCUT2D eigenvalue weighted by Gasteiger charge is -2.22. The normalized spacial score (nSPS) is 13.0. The van der Waals surface area contributed by atoms with Gasteiger partial charge in [0.05, 0.1) is 30.3 Å².